The fourth-order valence-electron chi connectivity index (χ4n) is 3.61. The maximum Gasteiger partial charge on any atom is 0.295 e. The highest BCUT2D eigenvalue weighted by Crippen LogP contribution is 2.22. The number of anilines is 1. The number of hydrogen-bond donors (Lipinski definition) is 2. The largest absolute Gasteiger partial charge is 0.424 e. The smallest absolute Gasteiger partial charge is 0.295 e. The zero-order valence-electron chi connectivity index (χ0n) is 15.7. The second kappa shape index (κ2) is 9.81. The highest BCUT2D eigenvalue weighted by atomic mass is 16.4. The Morgan fingerprint density at radius 1 is 1.12 bits per heavy atom. The highest BCUT2D eigenvalue weighted by Gasteiger charge is 2.16. The van der Waals surface area contributed by atoms with E-state index in [1.54, 1.807) is 0 Å². The number of fused-ring (bicyclic) bond motifs is 1. The molecule has 25 heavy (non-hydrogen) atoms. The standard InChI is InChI=1S/C21H33N3O/c1-2-3-4-5-6-7-8-9-10-17-11-12-20-19(15-17)24-21(25-20)23-18-13-14-22-16-18/h11-12,15,18,22H,2-10,13-14,16H2,1H3,(H,23,24)/t18-/m0/s1. The number of nitrogens with one attached hydrogen (secondary N) is 2. The summed E-state index contributed by atoms with van der Waals surface area (Å²) >= 11 is 0. The van der Waals surface area contributed by atoms with Crippen LogP contribution >= 0.6 is 0 Å². The molecule has 2 aromatic rings. The van der Waals surface area contributed by atoms with Crippen LogP contribution in [0, 0.1) is 0 Å². The predicted molar refractivity (Wildman–Crippen MR) is 105 cm³/mol. The van der Waals surface area contributed by atoms with Gasteiger partial charge in [-0.25, -0.2) is 0 Å². The van der Waals surface area contributed by atoms with Crippen molar-refractivity contribution < 1.29 is 4.42 Å². The third-order valence-electron chi connectivity index (χ3n) is 5.16. The van der Waals surface area contributed by atoms with Crippen molar-refractivity contribution in [2.75, 3.05) is 18.4 Å². The van der Waals surface area contributed by atoms with Crippen LogP contribution in [0.4, 0.5) is 6.01 Å². The molecule has 0 radical (unpaired) electrons. The quantitative estimate of drug-likeness (QED) is 0.545. The van der Waals surface area contributed by atoms with Crippen LogP contribution in [0.15, 0.2) is 22.6 Å². The molecule has 1 aliphatic rings. The van der Waals surface area contributed by atoms with E-state index < -0.39 is 0 Å². The number of oxazole rings is 1. The van der Waals surface area contributed by atoms with Gasteiger partial charge in [-0.1, -0.05) is 57.9 Å². The number of aryl methyl sites for hydroxylation is 1. The lowest BCUT2D eigenvalue weighted by molar-refractivity contribution is 0.575. The molecule has 4 heteroatoms. The Morgan fingerprint density at radius 2 is 1.92 bits per heavy atom. The van der Waals surface area contributed by atoms with Crippen molar-refractivity contribution in [3.8, 4) is 0 Å². The molecule has 1 aliphatic heterocycles. The second-order valence-corrected chi connectivity index (χ2v) is 7.38. The summed E-state index contributed by atoms with van der Waals surface area (Å²) in [5, 5.41) is 6.74. The molecule has 0 unspecified atom stereocenters. The van der Waals surface area contributed by atoms with Gasteiger partial charge < -0.3 is 15.1 Å². The van der Waals surface area contributed by atoms with Crippen LogP contribution in [0.3, 0.4) is 0 Å². The van der Waals surface area contributed by atoms with Gasteiger partial charge in [0, 0.05) is 12.6 Å². The monoisotopic (exact) mass is 343 g/mol. The number of benzene rings is 1. The molecule has 0 spiro atoms. The molecule has 1 aromatic carbocycles. The number of hydrogen-bond acceptors (Lipinski definition) is 4. The molecule has 3 rings (SSSR count). The minimum absolute atomic E-state index is 0.435. The first-order valence-corrected chi connectivity index (χ1v) is 10.2. The number of aromatic nitrogens is 1. The van der Waals surface area contributed by atoms with Crippen molar-refractivity contribution >= 4 is 17.1 Å². The zero-order valence-corrected chi connectivity index (χ0v) is 15.7. The molecule has 4 nitrogen and oxygen atoms in total. The van der Waals surface area contributed by atoms with Crippen LogP contribution in [0.1, 0.15) is 70.3 Å². The summed E-state index contributed by atoms with van der Waals surface area (Å²) in [7, 11) is 0. The molecule has 0 amide bonds. The second-order valence-electron chi connectivity index (χ2n) is 7.38. The van der Waals surface area contributed by atoms with Crippen LogP contribution < -0.4 is 10.6 Å². The fourth-order valence-corrected chi connectivity index (χ4v) is 3.61. The summed E-state index contributed by atoms with van der Waals surface area (Å²) in [6.07, 6.45) is 13.2. The molecular weight excluding hydrogens is 310 g/mol. The maximum atomic E-state index is 5.82. The topological polar surface area (TPSA) is 50.1 Å². The molecule has 2 N–H and O–H groups in total. The number of unbranched alkanes of at least 4 members (excludes halogenated alkanes) is 7. The molecule has 1 atom stereocenters. The number of rotatable bonds is 11. The van der Waals surface area contributed by atoms with Gasteiger partial charge in [0.15, 0.2) is 5.58 Å². The van der Waals surface area contributed by atoms with E-state index in [1.807, 2.05) is 0 Å². The van der Waals surface area contributed by atoms with Crippen LogP contribution in [0.2, 0.25) is 0 Å². The Labute approximate surface area is 151 Å². The van der Waals surface area contributed by atoms with Crippen molar-refractivity contribution in [3.63, 3.8) is 0 Å². The van der Waals surface area contributed by atoms with E-state index in [-0.39, 0.29) is 0 Å². The van der Waals surface area contributed by atoms with Gasteiger partial charge in [-0.15, -0.1) is 0 Å². The minimum Gasteiger partial charge on any atom is -0.424 e. The Morgan fingerprint density at radius 3 is 2.68 bits per heavy atom. The molecule has 0 aliphatic carbocycles. The fraction of sp³-hybridized carbons (Fsp3) is 0.667. The Kier molecular flexibility index (Phi) is 7.16. The lowest BCUT2D eigenvalue weighted by Crippen LogP contribution is -2.22. The van der Waals surface area contributed by atoms with E-state index in [0.29, 0.717) is 12.1 Å². The van der Waals surface area contributed by atoms with Crippen LogP contribution in [0.25, 0.3) is 11.1 Å². The van der Waals surface area contributed by atoms with Crippen molar-refractivity contribution in [3.05, 3.63) is 23.8 Å². The van der Waals surface area contributed by atoms with Crippen molar-refractivity contribution in [1.29, 1.82) is 0 Å². The van der Waals surface area contributed by atoms with Gasteiger partial charge in [0.2, 0.25) is 0 Å². The predicted octanol–water partition coefficient (Wildman–Crippen LogP) is 5.28. The van der Waals surface area contributed by atoms with E-state index >= 15 is 0 Å². The SMILES string of the molecule is CCCCCCCCCCc1ccc2oc(N[C@H]3CCNC3)nc2c1. The van der Waals surface area contributed by atoms with Gasteiger partial charge in [0.05, 0.1) is 0 Å². The summed E-state index contributed by atoms with van der Waals surface area (Å²) in [6, 6.07) is 7.55. The van der Waals surface area contributed by atoms with Gasteiger partial charge >= 0.3 is 0 Å². The number of nitrogens with zero attached hydrogens (tertiary/aromatic N) is 1. The highest BCUT2D eigenvalue weighted by molar-refractivity contribution is 5.75. The van der Waals surface area contributed by atoms with Crippen LogP contribution in [-0.2, 0) is 6.42 Å². The Hall–Kier alpha value is -1.55. The first kappa shape index (κ1) is 18.2. The summed E-state index contributed by atoms with van der Waals surface area (Å²) in [6.45, 7) is 4.33. The van der Waals surface area contributed by atoms with Crippen LogP contribution in [0.5, 0.6) is 0 Å². The Bertz CT molecular complexity index is 631. The first-order chi connectivity index (χ1) is 12.3. The Balaban J connectivity index is 1.41. The van der Waals surface area contributed by atoms with Crippen molar-refractivity contribution in [2.45, 2.75) is 77.2 Å². The van der Waals surface area contributed by atoms with Crippen LogP contribution in [-0.4, -0.2) is 24.1 Å². The van der Waals surface area contributed by atoms with E-state index in [4.69, 9.17) is 4.42 Å². The van der Waals surface area contributed by atoms with Gasteiger partial charge in [0.25, 0.3) is 6.01 Å². The van der Waals surface area contributed by atoms with Gasteiger partial charge in [0.1, 0.15) is 5.52 Å². The lowest BCUT2D eigenvalue weighted by atomic mass is 10.0. The molecule has 2 heterocycles. The molecule has 0 bridgehead atoms. The van der Waals surface area contributed by atoms with E-state index in [1.165, 1.54) is 56.9 Å². The molecule has 0 saturated carbocycles. The van der Waals surface area contributed by atoms with Crippen molar-refractivity contribution in [2.24, 2.45) is 0 Å². The van der Waals surface area contributed by atoms with E-state index in [2.05, 4.69) is 40.7 Å². The summed E-state index contributed by atoms with van der Waals surface area (Å²) < 4.78 is 5.82. The minimum atomic E-state index is 0.435. The molecular formula is C21H33N3O. The normalized spacial score (nSPS) is 17.4. The molecule has 1 aromatic heterocycles. The third-order valence-corrected chi connectivity index (χ3v) is 5.16. The van der Waals surface area contributed by atoms with Gasteiger partial charge in [-0.2, -0.15) is 4.98 Å². The summed E-state index contributed by atoms with van der Waals surface area (Å²) in [5.41, 5.74) is 3.24. The third kappa shape index (κ3) is 5.74. The summed E-state index contributed by atoms with van der Waals surface area (Å²) in [4.78, 5) is 4.62. The zero-order chi connectivity index (χ0) is 17.3. The van der Waals surface area contributed by atoms with Gasteiger partial charge in [-0.05, 0) is 43.5 Å². The summed E-state index contributed by atoms with van der Waals surface area (Å²) in [5.74, 6) is 0. The van der Waals surface area contributed by atoms with E-state index in [9.17, 15) is 0 Å². The molecule has 138 valence electrons. The maximum absolute atomic E-state index is 5.82. The average molecular weight is 344 g/mol. The van der Waals surface area contributed by atoms with E-state index in [0.717, 1.165) is 37.0 Å². The van der Waals surface area contributed by atoms with Gasteiger partial charge in [-0.3, -0.25) is 0 Å². The lowest BCUT2D eigenvalue weighted by Gasteiger charge is -2.07. The first-order valence-electron chi connectivity index (χ1n) is 10.2. The average Bonchev–Trinajstić information content (AvgIpc) is 3.26. The molecule has 1 fully saturated rings. The van der Waals surface area contributed by atoms with Crippen molar-refractivity contribution in [1.82, 2.24) is 10.3 Å². The molecule has 1 saturated heterocycles.